The van der Waals surface area contributed by atoms with Gasteiger partial charge in [-0.2, -0.15) is 0 Å². The number of fused-ring (bicyclic) bond motifs is 1. The molecule has 0 saturated carbocycles. The van der Waals surface area contributed by atoms with E-state index in [1.54, 1.807) is 24.3 Å². The van der Waals surface area contributed by atoms with Crippen molar-refractivity contribution in [3.05, 3.63) is 63.4 Å². The minimum Gasteiger partial charge on any atom is -0.492 e. The average molecular weight is 417 g/mol. The molecule has 8 heteroatoms. The van der Waals surface area contributed by atoms with E-state index < -0.39 is 5.82 Å². The van der Waals surface area contributed by atoms with Crippen molar-refractivity contribution >= 4 is 22.5 Å². The lowest BCUT2D eigenvalue weighted by atomic mass is 10.2. The molecule has 0 atom stereocenters. The second-order valence-corrected chi connectivity index (χ2v) is 7.34. The maximum absolute atomic E-state index is 13.8. The van der Waals surface area contributed by atoms with Crippen molar-refractivity contribution in [2.45, 2.75) is 13.5 Å². The molecule has 3 aromatic rings. The largest absolute Gasteiger partial charge is 0.492 e. The van der Waals surface area contributed by atoms with Crippen LogP contribution in [0.5, 0.6) is 5.75 Å². The molecule has 4 rings (SSSR count). The molecule has 1 aliphatic rings. The van der Waals surface area contributed by atoms with Crippen LogP contribution in [-0.4, -0.2) is 47.2 Å². The predicted octanol–water partition coefficient (Wildman–Crippen LogP) is 2.98. The first-order valence-corrected chi connectivity index (χ1v) is 10.0. The fraction of sp³-hybridized carbons (Fsp3) is 0.333. The molecular weight excluding hydrogens is 395 g/mol. The number of nitrogens with one attached hydrogen (secondary N) is 1. The second kappa shape index (κ2) is 8.49. The number of aromatic nitrogens is 2. The Morgan fingerprint density at radius 2 is 2.00 bits per heavy atom. The lowest BCUT2D eigenvalue weighted by molar-refractivity contribution is 0.226. The molecule has 2 heterocycles. The lowest BCUT2D eigenvalue weighted by Crippen LogP contribution is -2.44. The van der Waals surface area contributed by atoms with E-state index in [9.17, 15) is 9.18 Å². The van der Waals surface area contributed by atoms with E-state index in [0.29, 0.717) is 41.0 Å². The first-order chi connectivity index (χ1) is 14.1. The highest BCUT2D eigenvalue weighted by Crippen LogP contribution is 2.28. The Balaban J connectivity index is 1.93. The van der Waals surface area contributed by atoms with Gasteiger partial charge in [-0.15, -0.1) is 0 Å². The van der Waals surface area contributed by atoms with Crippen molar-refractivity contribution in [3.63, 3.8) is 0 Å². The Hall–Kier alpha value is -2.48. The van der Waals surface area contributed by atoms with Crippen molar-refractivity contribution < 1.29 is 9.13 Å². The number of halogens is 2. The van der Waals surface area contributed by atoms with E-state index in [2.05, 4.69) is 10.2 Å². The number of rotatable bonds is 5. The molecule has 0 unspecified atom stereocenters. The molecule has 0 spiro atoms. The molecule has 152 valence electrons. The number of hydrogen-bond acceptors (Lipinski definition) is 5. The molecular formula is C21H22ClFN4O2. The molecule has 0 radical (unpaired) electrons. The second-order valence-electron chi connectivity index (χ2n) is 6.90. The van der Waals surface area contributed by atoms with Gasteiger partial charge in [-0.05, 0) is 37.3 Å². The Morgan fingerprint density at radius 3 is 2.76 bits per heavy atom. The van der Waals surface area contributed by atoms with Gasteiger partial charge in [0.05, 0.1) is 29.7 Å². The molecule has 2 aromatic carbocycles. The summed E-state index contributed by atoms with van der Waals surface area (Å²) in [6.45, 7) is 6.27. The number of benzene rings is 2. The van der Waals surface area contributed by atoms with Gasteiger partial charge < -0.3 is 10.1 Å². The smallest absolute Gasteiger partial charge is 0.266 e. The van der Waals surface area contributed by atoms with Gasteiger partial charge in [-0.25, -0.2) is 9.37 Å². The molecule has 1 N–H and O–H groups in total. The highest BCUT2D eigenvalue weighted by atomic mass is 35.5. The lowest BCUT2D eigenvalue weighted by Gasteiger charge is -2.28. The summed E-state index contributed by atoms with van der Waals surface area (Å²) < 4.78 is 21.1. The van der Waals surface area contributed by atoms with Gasteiger partial charge in [0.2, 0.25) is 0 Å². The Bertz CT molecular complexity index is 1100. The molecule has 1 aliphatic heterocycles. The minimum atomic E-state index is -0.473. The Kier molecular flexibility index (Phi) is 5.80. The highest BCUT2D eigenvalue weighted by Gasteiger charge is 2.20. The topological polar surface area (TPSA) is 59.4 Å². The SMILES string of the molecule is CCOc1cc(Cl)ccc1-n1c(CN2CCNCC2)nc2ccc(F)cc2c1=O. The van der Waals surface area contributed by atoms with E-state index in [1.165, 1.54) is 16.7 Å². The molecule has 1 aromatic heterocycles. The van der Waals surface area contributed by atoms with Crippen LogP contribution in [-0.2, 0) is 6.54 Å². The monoisotopic (exact) mass is 416 g/mol. The maximum atomic E-state index is 13.8. The van der Waals surface area contributed by atoms with Crippen molar-refractivity contribution in [2.24, 2.45) is 0 Å². The molecule has 1 fully saturated rings. The normalized spacial score (nSPS) is 15.0. The number of nitrogens with zero attached hydrogens (tertiary/aromatic N) is 3. The van der Waals surface area contributed by atoms with Gasteiger partial charge in [-0.1, -0.05) is 11.6 Å². The van der Waals surface area contributed by atoms with Crippen LogP contribution in [0.4, 0.5) is 4.39 Å². The van der Waals surface area contributed by atoms with Crippen LogP contribution in [0.2, 0.25) is 5.02 Å². The summed E-state index contributed by atoms with van der Waals surface area (Å²) >= 11 is 6.14. The minimum absolute atomic E-state index is 0.228. The standard InChI is InChI=1S/C21H22ClFN4O2/c1-2-29-19-11-14(22)3-6-18(19)27-20(13-26-9-7-24-8-10-26)25-17-5-4-15(23)12-16(17)21(27)28/h3-6,11-12,24H,2,7-10,13H2,1H3. The van der Waals surface area contributed by atoms with Crippen LogP contribution in [0, 0.1) is 5.82 Å². The molecule has 1 saturated heterocycles. The maximum Gasteiger partial charge on any atom is 0.266 e. The van der Waals surface area contributed by atoms with Crippen LogP contribution in [0.3, 0.4) is 0 Å². The highest BCUT2D eigenvalue weighted by molar-refractivity contribution is 6.30. The third-order valence-corrected chi connectivity index (χ3v) is 5.17. The van der Waals surface area contributed by atoms with E-state index >= 15 is 0 Å². The van der Waals surface area contributed by atoms with Crippen LogP contribution in [0.25, 0.3) is 16.6 Å². The third-order valence-electron chi connectivity index (χ3n) is 4.94. The van der Waals surface area contributed by atoms with Crippen LogP contribution in [0.15, 0.2) is 41.2 Å². The zero-order valence-corrected chi connectivity index (χ0v) is 16.9. The quantitative estimate of drug-likeness (QED) is 0.693. The summed E-state index contributed by atoms with van der Waals surface area (Å²) in [6, 6.07) is 9.22. The summed E-state index contributed by atoms with van der Waals surface area (Å²) in [4.78, 5) is 20.4. The molecule has 0 amide bonds. The fourth-order valence-electron chi connectivity index (χ4n) is 3.57. The zero-order chi connectivity index (χ0) is 20.4. The average Bonchev–Trinajstić information content (AvgIpc) is 2.71. The molecule has 6 nitrogen and oxygen atoms in total. The third kappa shape index (κ3) is 4.12. The number of hydrogen-bond donors (Lipinski definition) is 1. The van der Waals surface area contributed by atoms with Gasteiger partial charge in [0, 0.05) is 37.3 Å². The van der Waals surface area contributed by atoms with Gasteiger partial charge in [0.25, 0.3) is 5.56 Å². The van der Waals surface area contributed by atoms with E-state index in [-0.39, 0.29) is 10.9 Å². The van der Waals surface area contributed by atoms with Gasteiger partial charge in [0.15, 0.2) is 0 Å². The number of piperazine rings is 1. The molecule has 0 aliphatic carbocycles. The molecule has 0 bridgehead atoms. The first-order valence-electron chi connectivity index (χ1n) is 9.64. The van der Waals surface area contributed by atoms with Gasteiger partial charge in [0.1, 0.15) is 17.4 Å². The van der Waals surface area contributed by atoms with Gasteiger partial charge in [-0.3, -0.25) is 14.3 Å². The zero-order valence-electron chi connectivity index (χ0n) is 16.1. The van der Waals surface area contributed by atoms with Crippen molar-refractivity contribution in [2.75, 3.05) is 32.8 Å². The fourth-order valence-corrected chi connectivity index (χ4v) is 3.73. The van der Waals surface area contributed by atoms with Crippen LogP contribution in [0.1, 0.15) is 12.7 Å². The van der Waals surface area contributed by atoms with Crippen molar-refractivity contribution in [1.82, 2.24) is 19.8 Å². The van der Waals surface area contributed by atoms with Crippen molar-refractivity contribution in [1.29, 1.82) is 0 Å². The van der Waals surface area contributed by atoms with E-state index in [1.807, 2.05) is 6.92 Å². The van der Waals surface area contributed by atoms with E-state index in [0.717, 1.165) is 26.2 Å². The summed E-state index contributed by atoms with van der Waals surface area (Å²) in [6.07, 6.45) is 0. The summed E-state index contributed by atoms with van der Waals surface area (Å²) in [7, 11) is 0. The Morgan fingerprint density at radius 1 is 1.21 bits per heavy atom. The first kappa shape index (κ1) is 19.8. The van der Waals surface area contributed by atoms with Crippen LogP contribution < -0.4 is 15.6 Å². The number of ether oxygens (including phenoxy) is 1. The predicted molar refractivity (Wildman–Crippen MR) is 112 cm³/mol. The summed E-state index contributed by atoms with van der Waals surface area (Å²) in [5.74, 6) is 0.597. The molecule has 29 heavy (non-hydrogen) atoms. The van der Waals surface area contributed by atoms with Crippen molar-refractivity contribution in [3.8, 4) is 11.4 Å². The van der Waals surface area contributed by atoms with Gasteiger partial charge >= 0.3 is 0 Å². The summed E-state index contributed by atoms with van der Waals surface area (Å²) in [5, 5.41) is 4.06. The Labute approximate surface area is 172 Å². The van der Waals surface area contributed by atoms with Crippen LogP contribution >= 0.6 is 11.6 Å². The van der Waals surface area contributed by atoms with E-state index in [4.69, 9.17) is 21.3 Å². The summed E-state index contributed by atoms with van der Waals surface area (Å²) in [5.41, 5.74) is 0.692.